The Balaban J connectivity index is 1.62. The summed E-state index contributed by atoms with van der Waals surface area (Å²) >= 11 is 0. The Labute approximate surface area is 128 Å². The van der Waals surface area contributed by atoms with Crippen molar-refractivity contribution in [2.24, 2.45) is 11.8 Å². The van der Waals surface area contributed by atoms with Gasteiger partial charge >= 0.3 is 0 Å². The maximum Gasteiger partial charge on any atom is 0.120 e. The fourth-order valence-electron chi connectivity index (χ4n) is 3.40. The lowest BCUT2D eigenvalue weighted by molar-refractivity contribution is -0.0146. The van der Waals surface area contributed by atoms with Gasteiger partial charge in [0.2, 0.25) is 0 Å². The summed E-state index contributed by atoms with van der Waals surface area (Å²) in [6, 6.07) is 0.160. The van der Waals surface area contributed by atoms with Crippen LogP contribution < -0.4 is 5.32 Å². The molecule has 0 aromatic rings. The molecule has 2 unspecified atom stereocenters. The molecular formula is C17H30N2O2. The Hall–Kier alpha value is -0.450. The number of ether oxygens (including phenoxy) is 2. The molecule has 1 heterocycles. The Morgan fingerprint density at radius 2 is 1.95 bits per heavy atom. The van der Waals surface area contributed by atoms with E-state index in [9.17, 15) is 0 Å². The lowest BCUT2D eigenvalue weighted by Gasteiger charge is -2.34. The third-order valence-electron chi connectivity index (χ3n) is 4.95. The van der Waals surface area contributed by atoms with Gasteiger partial charge in [-0.1, -0.05) is 33.1 Å². The topological polar surface area (TPSA) is 57.6 Å². The minimum atomic E-state index is -0.145. The lowest BCUT2D eigenvalue weighted by Crippen LogP contribution is -2.52. The molecule has 2 aliphatic carbocycles. The highest BCUT2D eigenvalue weighted by Crippen LogP contribution is 2.40. The molecular weight excluding hydrogens is 264 g/mol. The van der Waals surface area contributed by atoms with Crippen LogP contribution in [0, 0.1) is 17.2 Å². The highest BCUT2D eigenvalue weighted by molar-refractivity contribution is 5.93. The quantitative estimate of drug-likeness (QED) is 0.411. The molecule has 0 radical (unpaired) electrons. The Morgan fingerprint density at radius 1 is 1.29 bits per heavy atom. The minimum Gasteiger partial charge on any atom is -0.367 e. The van der Waals surface area contributed by atoms with Gasteiger partial charge in [-0.2, -0.15) is 0 Å². The molecule has 0 spiro atoms. The fraction of sp³-hybridized carbons (Fsp3) is 0.941. The van der Waals surface area contributed by atoms with E-state index in [4.69, 9.17) is 14.9 Å². The first kappa shape index (κ1) is 15.4. The number of nitrogens with one attached hydrogen (secondary N) is 2. The van der Waals surface area contributed by atoms with E-state index in [1.807, 2.05) is 0 Å². The van der Waals surface area contributed by atoms with Crippen molar-refractivity contribution in [1.29, 1.82) is 5.41 Å². The summed E-state index contributed by atoms with van der Waals surface area (Å²) in [6.07, 6.45) is 8.70. The van der Waals surface area contributed by atoms with Crippen molar-refractivity contribution in [1.82, 2.24) is 5.32 Å². The molecule has 2 N–H and O–H groups in total. The summed E-state index contributed by atoms with van der Waals surface area (Å²) in [5.41, 5.74) is 0.620. The molecule has 4 nitrogen and oxygen atoms in total. The maximum absolute atomic E-state index is 8.48. The molecule has 2 saturated carbocycles. The zero-order valence-corrected chi connectivity index (χ0v) is 13.5. The second kappa shape index (κ2) is 6.35. The molecule has 3 fully saturated rings. The molecule has 120 valence electrons. The number of epoxide rings is 1. The van der Waals surface area contributed by atoms with Crippen LogP contribution in [0.2, 0.25) is 0 Å². The largest absolute Gasteiger partial charge is 0.367 e. The van der Waals surface area contributed by atoms with Crippen LogP contribution >= 0.6 is 0 Å². The number of rotatable bonds is 8. The minimum absolute atomic E-state index is 0.0744. The van der Waals surface area contributed by atoms with E-state index in [1.165, 1.54) is 32.1 Å². The van der Waals surface area contributed by atoms with Crippen LogP contribution in [-0.4, -0.2) is 36.8 Å². The van der Waals surface area contributed by atoms with Crippen LogP contribution in [0.4, 0.5) is 0 Å². The number of hydrogen-bond donors (Lipinski definition) is 2. The van der Waals surface area contributed by atoms with E-state index in [0.717, 1.165) is 31.8 Å². The van der Waals surface area contributed by atoms with Gasteiger partial charge in [0, 0.05) is 0 Å². The van der Waals surface area contributed by atoms with Crippen molar-refractivity contribution in [3.8, 4) is 0 Å². The number of hydrogen-bond acceptors (Lipinski definition) is 4. The van der Waals surface area contributed by atoms with E-state index in [1.54, 1.807) is 0 Å². The summed E-state index contributed by atoms with van der Waals surface area (Å²) in [7, 11) is 0. The van der Waals surface area contributed by atoms with Crippen molar-refractivity contribution in [3.05, 3.63) is 0 Å². The molecule has 0 aromatic heterocycles. The van der Waals surface area contributed by atoms with Gasteiger partial charge in [-0.05, 0) is 37.5 Å². The van der Waals surface area contributed by atoms with Crippen LogP contribution in [0.1, 0.15) is 58.8 Å². The third-order valence-corrected chi connectivity index (χ3v) is 4.95. The van der Waals surface area contributed by atoms with Crippen molar-refractivity contribution < 1.29 is 9.47 Å². The van der Waals surface area contributed by atoms with Crippen molar-refractivity contribution >= 4 is 5.71 Å². The van der Waals surface area contributed by atoms with E-state index < -0.39 is 0 Å². The molecule has 0 aromatic carbocycles. The second-order valence-corrected chi connectivity index (χ2v) is 7.50. The molecule has 1 saturated heterocycles. The van der Waals surface area contributed by atoms with Crippen LogP contribution in [0.25, 0.3) is 0 Å². The SMILES string of the molecule is CC(C)COC1(NC(C(=N)C2CO2)C2CCCCC2)CC1. The van der Waals surface area contributed by atoms with Crippen molar-refractivity contribution in [2.45, 2.75) is 76.7 Å². The highest BCUT2D eigenvalue weighted by atomic mass is 16.6. The fourth-order valence-corrected chi connectivity index (χ4v) is 3.40. The van der Waals surface area contributed by atoms with Crippen LogP contribution in [0.3, 0.4) is 0 Å². The van der Waals surface area contributed by atoms with Crippen LogP contribution in [0.15, 0.2) is 0 Å². The third kappa shape index (κ3) is 4.05. The zero-order chi connectivity index (χ0) is 14.9. The first-order chi connectivity index (χ1) is 10.1. The summed E-state index contributed by atoms with van der Waals surface area (Å²) in [5.74, 6) is 1.15. The van der Waals surface area contributed by atoms with Crippen molar-refractivity contribution in [3.63, 3.8) is 0 Å². The van der Waals surface area contributed by atoms with Gasteiger partial charge < -0.3 is 14.9 Å². The van der Waals surface area contributed by atoms with E-state index >= 15 is 0 Å². The molecule has 3 aliphatic rings. The molecule has 21 heavy (non-hydrogen) atoms. The molecule has 0 bridgehead atoms. The smallest absolute Gasteiger partial charge is 0.120 e. The van der Waals surface area contributed by atoms with Crippen LogP contribution in [-0.2, 0) is 9.47 Å². The van der Waals surface area contributed by atoms with Gasteiger partial charge in [-0.15, -0.1) is 0 Å². The summed E-state index contributed by atoms with van der Waals surface area (Å²) in [6.45, 7) is 5.92. The highest BCUT2D eigenvalue weighted by Gasteiger charge is 2.49. The van der Waals surface area contributed by atoms with Gasteiger partial charge in [0.25, 0.3) is 0 Å². The summed E-state index contributed by atoms with van der Waals surface area (Å²) in [5, 5.41) is 12.2. The predicted octanol–water partition coefficient (Wildman–Crippen LogP) is 3.11. The van der Waals surface area contributed by atoms with Crippen molar-refractivity contribution in [2.75, 3.05) is 13.2 Å². The van der Waals surface area contributed by atoms with Gasteiger partial charge in [-0.3, -0.25) is 5.32 Å². The molecule has 3 rings (SSSR count). The molecule has 4 heteroatoms. The average Bonchev–Trinajstić information content (AvgIpc) is 3.38. The van der Waals surface area contributed by atoms with E-state index in [0.29, 0.717) is 11.8 Å². The lowest BCUT2D eigenvalue weighted by atomic mass is 9.81. The first-order valence-corrected chi connectivity index (χ1v) is 8.71. The predicted molar refractivity (Wildman–Crippen MR) is 83.7 cm³/mol. The van der Waals surface area contributed by atoms with Gasteiger partial charge in [-0.25, -0.2) is 0 Å². The van der Waals surface area contributed by atoms with Gasteiger partial charge in [0.05, 0.1) is 25.0 Å². The molecule has 1 aliphatic heterocycles. The normalized spacial score (nSPS) is 29.4. The summed E-state index contributed by atoms with van der Waals surface area (Å²) in [4.78, 5) is 0. The van der Waals surface area contributed by atoms with Gasteiger partial charge in [0.1, 0.15) is 11.8 Å². The van der Waals surface area contributed by atoms with Gasteiger partial charge in [0.15, 0.2) is 0 Å². The van der Waals surface area contributed by atoms with Crippen LogP contribution in [0.5, 0.6) is 0 Å². The van der Waals surface area contributed by atoms with E-state index in [-0.39, 0.29) is 17.9 Å². The monoisotopic (exact) mass is 294 g/mol. The molecule has 0 amide bonds. The molecule has 2 atom stereocenters. The Bertz CT molecular complexity index is 369. The second-order valence-electron chi connectivity index (χ2n) is 7.50. The Kier molecular flexibility index (Phi) is 4.67. The Morgan fingerprint density at radius 3 is 2.48 bits per heavy atom. The average molecular weight is 294 g/mol. The zero-order valence-electron chi connectivity index (χ0n) is 13.5. The maximum atomic E-state index is 8.48. The van der Waals surface area contributed by atoms with E-state index in [2.05, 4.69) is 19.2 Å². The standard InChI is InChI=1S/C17H30N2O2/c1-12(2)10-21-17(8-9-17)19-16(15(18)14-11-20-14)13-6-4-3-5-7-13/h12-14,16,18-19H,3-11H2,1-2H3. The first-order valence-electron chi connectivity index (χ1n) is 8.71. The summed E-state index contributed by atoms with van der Waals surface area (Å²) < 4.78 is 11.5.